The number of nitrogens with zero attached hydrogens (tertiary/aromatic N) is 1. The van der Waals surface area contributed by atoms with E-state index in [4.69, 9.17) is 27.9 Å². The van der Waals surface area contributed by atoms with E-state index in [2.05, 4.69) is 10.2 Å². The number of morpholine rings is 1. The molecule has 0 spiro atoms. The maximum atomic E-state index is 13.3. The van der Waals surface area contributed by atoms with Crippen molar-refractivity contribution in [3.63, 3.8) is 0 Å². The van der Waals surface area contributed by atoms with E-state index in [1.54, 1.807) is 30.3 Å². The molecule has 138 valence electrons. The van der Waals surface area contributed by atoms with Crippen molar-refractivity contribution in [2.75, 3.05) is 32.8 Å². The quantitative estimate of drug-likeness (QED) is 0.831. The van der Waals surface area contributed by atoms with Crippen LogP contribution in [0.3, 0.4) is 0 Å². The highest BCUT2D eigenvalue weighted by atomic mass is 35.5. The Morgan fingerprint density at radius 3 is 2.35 bits per heavy atom. The number of halogens is 3. The molecule has 1 fully saturated rings. The molecule has 1 saturated heterocycles. The third-order valence-electron chi connectivity index (χ3n) is 4.32. The average molecular weight is 397 g/mol. The molecular weight excluding hydrogens is 378 g/mol. The lowest BCUT2D eigenvalue weighted by Gasteiger charge is -2.35. The number of hydrogen-bond acceptors (Lipinski definition) is 3. The Bertz CT molecular complexity index is 744. The number of ether oxygens (including phenoxy) is 1. The summed E-state index contributed by atoms with van der Waals surface area (Å²) in [4.78, 5) is 14.7. The van der Waals surface area contributed by atoms with Crippen LogP contribution in [0.5, 0.6) is 0 Å². The molecule has 0 aliphatic carbocycles. The molecule has 7 heteroatoms. The van der Waals surface area contributed by atoms with E-state index in [0.717, 1.165) is 18.7 Å². The Balaban J connectivity index is 1.74. The van der Waals surface area contributed by atoms with Crippen LogP contribution in [-0.4, -0.2) is 43.7 Å². The predicted molar refractivity (Wildman–Crippen MR) is 100 cm³/mol. The van der Waals surface area contributed by atoms with Crippen LogP contribution < -0.4 is 5.32 Å². The minimum atomic E-state index is -0.285. The van der Waals surface area contributed by atoms with E-state index in [1.165, 1.54) is 12.1 Å². The van der Waals surface area contributed by atoms with E-state index in [0.29, 0.717) is 35.4 Å². The number of nitrogens with one attached hydrogen (secondary N) is 1. The van der Waals surface area contributed by atoms with E-state index in [-0.39, 0.29) is 17.8 Å². The number of hydrogen-bond donors (Lipinski definition) is 1. The highest BCUT2D eigenvalue weighted by Gasteiger charge is 2.23. The molecule has 26 heavy (non-hydrogen) atoms. The predicted octanol–water partition coefficient (Wildman–Crippen LogP) is 3.94. The summed E-state index contributed by atoms with van der Waals surface area (Å²) in [7, 11) is 0. The summed E-state index contributed by atoms with van der Waals surface area (Å²) in [6.45, 7) is 3.15. The highest BCUT2D eigenvalue weighted by molar-refractivity contribution is 6.35. The third kappa shape index (κ3) is 4.95. The fourth-order valence-corrected chi connectivity index (χ4v) is 3.53. The SMILES string of the molecule is O=C(NCC(c1ccc(F)cc1)N1CCOCC1)c1cc(Cl)cc(Cl)c1. The second kappa shape index (κ2) is 8.82. The van der Waals surface area contributed by atoms with Crippen LogP contribution in [0.1, 0.15) is 22.0 Å². The summed E-state index contributed by atoms with van der Waals surface area (Å²) in [5.74, 6) is -0.540. The van der Waals surface area contributed by atoms with Gasteiger partial charge in [-0.05, 0) is 35.9 Å². The van der Waals surface area contributed by atoms with Crippen LogP contribution in [0.2, 0.25) is 10.0 Å². The molecule has 0 saturated carbocycles. The number of carbonyl (C=O) groups excluding carboxylic acids is 1. The van der Waals surface area contributed by atoms with Crippen LogP contribution in [-0.2, 0) is 4.74 Å². The minimum Gasteiger partial charge on any atom is -0.379 e. The molecule has 0 bridgehead atoms. The van der Waals surface area contributed by atoms with Crippen molar-refractivity contribution in [3.8, 4) is 0 Å². The zero-order chi connectivity index (χ0) is 18.5. The van der Waals surface area contributed by atoms with Crippen molar-refractivity contribution in [1.29, 1.82) is 0 Å². The summed E-state index contributed by atoms with van der Waals surface area (Å²) in [5, 5.41) is 3.75. The first-order chi connectivity index (χ1) is 12.5. The lowest BCUT2D eigenvalue weighted by Crippen LogP contribution is -2.43. The van der Waals surface area contributed by atoms with Crippen LogP contribution in [0, 0.1) is 5.82 Å². The first kappa shape index (κ1) is 19.1. The highest BCUT2D eigenvalue weighted by Crippen LogP contribution is 2.23. The van der Waals surface area contributed by atoms with E-state index < -0.39 is 0 Å². The van der Waals surface area contributed by atoms with Crippen LogP contribution in [0.15, 0.2) is 42.5 Å². The summed E-state index contributed by atoms with van der Waals surface area (Å²) in [6.07, 6.45) is 0. The molecule has 2 aromatic rings. The van der Waals surface area contributed by atoms with Gasteiger partial charge in [0.25, 0.3) is 5.91 Å². The molecular formula is C19H19Cl2FN2O2. The maximum absolute atomic E-state index is 13.3. The third-order valence-corrected chi connectivity index (χ3v) is 4.76. The lowest BCUT2D eigenvalue weighted by molar-refractivity contribution is 0.0162. The first-order valence-corrected chi connectivity index (χ1v) is 9.10. The Morgan fingerprint density at radius 2 is 1.73 bits per heavy atom. The van der Waals surface area contributed by atoms with Crippen LogP contribution in [0.4, 0.5) is 4.39 Å². The second-order valence-corrected chi connectivity index (χ2v) is 6.96. The summed E-state index contributed by atoms with van der Waals surface area (Å²) in [5.41, 5.74) is 1.35. The molecule has 2 aromatic carbocycles. The topological polar surface area (TPSA) is 41.6 Å². The zero-order valence-electron chi connectivity index (χ0n) is 14.1. The number of rotatable bonds is 5. The summed E-state index contributed by atoms with van der Waals surface area (Å²) in [6, 6.07) is 11.0. The Kier molecular flexibility index (Phi) is 6.48. The zero-order valence-corrected chi connectivity index (χ0v) is 15.6. The van der Waals surface area contributed by atoms with Crippen molar-refractivity contribution in [1.82, 2.24) is 10.2 Å². The van der Waals surface area contributed by atoms with E-state index >= 15 is 0 Å². The van der Waals surface area contributed by atoms with Gasteiger partial charge in [0, 0.05) is 35.2 Å². The molecule has 4 nitrogen and oxygen atoms in total. The van der Waals surface area contributed by atoms with Crippen LogP contribution >= 0.6 is 23.2 Å². The first-order valence-electron chi connectivity index (χ1n) is 8.34. The standard InChI is InChI=1S/C19H19Cl2FN2O2/c20-15-9-14(10-16(21)11-15)19(25)23-12-18(24-5-7-26-8-6-24)13-1-3-17(22)4-2-13/h1-4,9-11,18H,5-8,12H2,(H,23,25). The Hall–Kier alpha value is -1.66. The summed E-state index contributed by atoms with van der Waals surface area (Å²) < 4.78 is 18.7. The molecule has 3 rings (SSSR count). The van der Waals surface area contributed by atoms with Crippen molar-refractivity contribution in [2.45, 2.75) is 6.04 Å². The van der Waals surface area contributed by atoms with Gasteiger partial charge in [-0.2, -0.15) is 0 Å². The molecule has 1 aliphatic rings. The largest absolute Gasteiger partial charge is 0.379 e. The maximum Gasteiger partial charge on any atom is 0.251 e. The molecule has 1 heterocycles. The van der Waals surface area contributed by atoms with Gasteiger partial charge in [0.2, 0.25) is 0 Å². The van der Waals surface area contributed by atoms with Gasteiger partial charge in [0.15, 0.2) is 0 Å². The van der Waals surface area contributed by atoms with Gasteiger partial charge < -0.3 is 10.1 Å². The molecule has 1 atom stereocenters. The molecule has 0 radical (unpaired) electrons. The van der Waals surface area contributed by atoms with Crippen molar-refractivity contribution in [2.24, 2.45) is 0 Å². The molecule has 1 aliphatic heterocycles. The second-order valence-electron chi connectivity index (χ2n) is 6.08. The molecule has 1 N–H and O–H groups in total. The van der Waals surface area contributed by atoms with Gasteiger partial charge in [-0.3, -0.25) is 9.69 Å². The Labute approximate surface area is 161 Å². The molecule has 1 unspecified atom stereocenters. The van der Waals surface area contributed by atoms with Crippen molar-refractivity contribution >= 4 is 29.1 Å². The average Bonchev–Trinajstić information content (AvgIpc) is 2.63. The van der Waals surface area contributed by atoms with Crippen LogP contribution in [0.25, 0.3) is 0 Å². The number of benzene rings is 2. The van der Waals surface area contributed by atoms with E-state index in [9.17, 15) is 9.18 Å². The van der Waals surface area contributed by atoms with Gasteiger partial charge in [0.05, 0.1) is 19.3 Å². The number of carbonyl (C=O) groups is 1. The van der Waals surface area contributed by atoms with Crippen molar-refractivity contribution in [3.05, 3.63) is 69.5 Å². The van der Waals surface area contributed by atoms with Gasteiger partial charge >= 0.3 is 0 Å². The lowest BCUT2D eigenvalue weighted by atomic mass is 10.0. The fraction of sp³-hybridized carbons (Fsp3) is 0.316. The van der Waals surface area contributed by atoms with Gasteiger partial charge in [0.1, 0.15) is 5.82 Å². The fourth-order valence-electron chi connectivity index (χ4n) is 3.01. The Morgan fingerprint density at radius 1 is 1.12 bits per heavy atom. The minimum absolute atomic E-state index is 0.0712. The molecule has 1 amide bonds. The van der Waals surface area contributed by atoms with Gasteiger partial charge in [-0.1, -0.05) is 35.3 Å². The number of amides is 1. The smallest absolute Gasteiger partial charge is 0.251 e. The normalized spacial score (nSPS) is 16.3. The van der Waals surface area contributed by atoms with Crippen molar-refractivity contribution < 1.29 is 13.9 Å². The van der Waals surface area contributed by atoms with Gasteiger partial charge in [-0.15, -0.1) is 0 Å². The monoisotopic (exact) mass is 396 g/mol. The van der Waals surface area contributed by atoms with E-state index in [1.807, 2.05) is 0 Å². The van der Waals surface area contributed by atoms with Gasteiger partial charge in [-0.25, -0.2) is 4.39 Å². The summed E-state index contributed by atoms with van der Waals surface area (Å²) >= 11 is 11.9. The molecule has 0 aromatic heterocycles.